The first kappa shape index (κ1) is 49.7. The SMILES string of the molecule is CCCCCCCCCCCCCCCCCC(=O)N(CCCCCCCCCCCC)[C@@H]1O[C@H](CO)[C@@H](O)[C@H](O)[C@@H]1NC(=O)CNC(=O)CCC(=O)O. The lowest BCUT2D eigenvalue weighted by Gasteiger charge is -2.47. The van der Waals surface area contributed by atoms with E-state index in [9.17, 15) is 34.5 Å². The van der Waals surface area contributed by atoms with Crippen molar-refractivity contribution < 1.29 is 44.3 Å². The van der Waals surface area contributed by atoms with Crippen molar-refractivity contribution in [3.05, 3.63) is 0 Å². The Hall–Kier alpha value is -2.28. The number of nitrogens with zero attached hydrogens (tertiary/aromatic N) is 1. The number of hydrogen-bond donors (Lipinski definition) is 6. The molecule has 1 heterocycles. The van der Waals surface area contributed by atoms with E-state index in [1.54, 1.807) is 4.90 Å². The summed E-state index contributed by atoms with van der Waals surface area (Å²) >= 11 is 0. The molecule has 5 atom stereocenters. The molecule has 0 aliphatic carbocycles. The van der Waals surface area contributed by atoms with Gasteiger partial charge in [-0.15, -0.1) is 0 Å². The molecule has 0 bridgehead atoms. The zero-order chi connectivity index (χ0) is 39.8. The highest BCUT2D eigenvalue weighted by Crippen LogP contribution is 2.26. The van der Waals surface area contributed by atoms with Gasteiger partial charge in [0.25, 0.3) is 0 Å². The zero-order valence-electron chi connectivity index (χ0n) is 34.1. The summed E-state index contributed by atoms with van der Waals surface area (Å²) < 4.78 is 6.05. The molecule has 316 valence electrons. The van der Waals surface area contributed by atoms with Crippen molar-refractivity contribution >= 4 is 23.7 Å². The van der Waals surface area contributed by atoms with Crippen LogP contribution in [0.25, 0.3) is 0 Å². The molecule has 1 fully saturated rings. The predicted octanol–water partition coefficient (Wildman–Crippen LogP) is 6.90. The largest absolute Gasteiger partial charge is 0.481 e. The molecule has 0 saturated carbocycles. The molecule has 12 heteroatoms. The fraction of sp³-hybridized carbons (Fsp3) is 0.905. The van der Waals surface area contributed by atoms with Gasteiger partial charge >= 0.3 is 5.97 Å². The quantitative estimate of drug-likeness (QED) is 0.0373. The van der Waals surface area contributed by atoms with Crippen LogP contribution in [0.3, 0.4) is 0 Å². The summed E-state index contributed by atoms with van der Waals surface area (Å²) in [7, 11) is 0. The maximum Gasteiger partial charge on any atom is 0.303 e. The van der Waals surface area contributed by atoms with E-state index in [1.807, 2.05) is 0 Å². The summed E-state index contributed by atoms with van der Waals surface area (Å²) in [5.41, 5.74) is 0. The van der Waals surface area contributed by atoms with E-state index < -0.39 is 61.5 Å². The first-order chi connectivity index (χ1) is 26.2. The third-order valence-electron chi connectivity index (χ3n) is 10.6. The molecule has 54 heavy (non-hydrogen) atoms. The average molecular weight is 770 g/mol. The van der Waals surface area contributed by atoms with Crippen LogP contribution in [0.2, 0.25) is 0 Å². The zero-order valence-corrected chi connectivity index (χ0v) is 34.1. The molecule has 1 aliphatic rings. The fourth-order valence-electron chi connectivity index (χ4n) is 7.20. The van der Waals surface area contributed by atoms with Crippen molar-refractivity contribution in [3.8, 4) is 0 Å². The summed E-state index contributed by atoms with van der Waals surface area (Å²) in [4.78, 5) is 51.1. The molecule has 0 radical (unpaired) electrons. The van der Waals surface area contributed by atoms with Crippen LogP contribution in [-0.2, 0) is 23.9 Å². The highest BCUT2D eigenvalue weighted by Gasteiger charge is 2.48. The van der Waals surface area contributed by atoms with Crippen LogP contribution in [-0.4, -0.2) is 99.3 Å². The van der Waals surface area contributed by atoms with Crippen molar-refractivity contribution in [2.75, 3.05) is 19.7 Å². The number of carboxylic acids is 1. The highest BCUT2D eigenvalue weighted by atomic mass is 16.5. The molecular formula is C42H79N3O9. The lowest BCUT2D eigenvalue weighted by atomic mass is 9.94. The summed E-state index contributed by atoms with van der Waals surface area (Å²) in [5, 5.41) is 45.6. The Morgan fingerprint density at radius 3 is 1.46 bits per heavy atom. The van der Waals surface area contributed by atoms with E-state index in [0.29, 0.717) is 19.4 Å². The van der Waals surface area contributed by atoms with Gasteiger partial charge in [0.15, 0.2) is 6.23 Å². The molecular weight excluding hydrogens is 690 g/mol. The number of carboxylic acid groups (broad SMARTS) is 1. The van der Waals surface area contributed by atoms with Gasteiger partial charge in [-0.05, 0) is 12.8 Å². The Kier molecular flexibility index (Phi) is 30.3. The number of unbranched alkanes of at least 4 members (excludes halogenated alkanes) is 23. The maximum atomic E-state index is 13.8. The third-order valence-corrected chi connectivity index (χ3v) is 10.6. The maximum absolute atomic E-state index is 13.8. The average Bonchev–Trinajstić information content (AvgIpc) is 3.16. The Labute approximate surface area is 326 Å². The van der Waals surface area contributed by atoms with Crippen molar-refractivity contribution in [1.29, 1.82) is 0 Å². The Morgan fingerprint density at radius 2 is 1.02 bits per heavy atom. The van der Waals surface area contributed by atoms with Crippen LogP contribution >= 0.6 is 0 Å². The van der Waals surface area contributed by atoms with Crippen LogP contribution in [0.1, 0.15) is 194 Å². The van der Waals surface area contributed by atoms with Gasteiger partial charge in [0, 0.05) is 19.4 Å². The molecule has 0 aromatic heterocycles. The number of amides is 3. The van der Waals surface area contributed by atoms with E-state index >= 15 is 0 Å². The first-order valence-electron chi connectivity index (χ1n) is 21.9. The molecule has 0 aromatic rings. The fourth-order valence-corrected chi connectivity index (χ4v) is 7.20. The van der Waals surface area contributed by atoms with Crippen LogP contribution in [0, 0.1) is 0 Å². The van der Waals surface area contributed by atoms with Crippen molar-refractivity contribution in [2.45, 2.75) is 224 Å². The number of aliphatic carboxylic acids is 1. The number of carbonyl (C=O) groups excluding carboxylic acids is 3. The minimum Gasteiger partial charge on any atom is -0.481 e. The summed E-state index contributed by atoms with van der Waals surface area (Å²) in [6.45, 7) is 3.72. The molecule has 3 amide bonds. The van der Waals surface area contributed by atoms with Crippen LogP contribution < -0.4 is 10.6 Å². The van der Waals surface area contributed by atoms with Gasteiger partial charge in [-0.3, -0.25) is 19.2 Å². The third kappa shape index (κ3) is 23.6. The van der Waals surface area contributed by atoms with Gasteiger partial charge in [0.05, 0.1) is 19.6 Å². The molecule has 1 saturated heterocycles. The predicted molar refractivity (Wildman–Crippen MR) is 213 cm³/mol. The molecule has 0 spiro atoms. The lowest BCUT2D eigenvalue weighted by molar-refractivity contribution is -0.231. The van der Waals surface area contributed by atoms with E-state index in [0.717, 1.165) is 38.5 Å². The summed E-state index contributed by atoms with van der Waals surface area (Å²) in [6, 6.07) is -1.22. The monoisotopic (exact) mass is 770 g/mol. The number of nitrogens with one attached hydrogen (secondary N) is 2. The Bertz CT molecular complexity index is 985. The van der Waals surface area contributed by atoms with Gasteiger partial charge in [-0.25, -0.2) is 0 Å². The summed E-state index contributed by atoms with van der Waals surface area (Å²) in [5.74, 6) is -2.62. The van der Waals surface area contributed by atoms with E-state index in [4.69, 9.17) is 9.84 Å². The second kappa shape index (κ2) is 32.9. The van der Waals surface area contributed by atoms with Crippen molar-refractivity contribution in [2.24, 2.45) is 0 Å². The Balaban J connectivity index is 2.75. The Morgan fingerprint density at radius 1 is 0.574 bits per heavy atom. The summed E-state index contributed by atoms with van der Waals surface area (Å²) in [6.07, 6.45) is 23.7. The first-order valence-corrected chi connectivity index (χ1v) is 21.9. The van der Waals surface area contributed by atoms with Crippen LogP contribution in [0.4, 0.5) is 0 Å². The van der Waals surface area contributed by atoms with E-state index in [-0.39, 0.29) is 25.2 Å². The second-order valence-corrected chi connectivity index (χ2v) is 15.5. The molecule has 0 aromatic carbocycles. The molecule has 1 rings (SSSR count). The number of rotatable bonds is 35. The molecule has 12 nitrogen and oxygen atoms in total. The number of carbonyl (C=O) groups is 4. The molecule has 6 N–H and O–H groups in total. The number of aliphatic hydroxyl groups is 3. The highest BCUT2D eigenvalue weighted by molar-refractivity contribution is 5.86. The van der Waals surface area contributed by atoms with Crippen molar-refractivity contribution in [1.82, 2.24) is 15.5 Å². The minimum absolute atomic E-state index is 0.174. The van der Waals surface area contributed by atoms with Crippen molar-refractivity contribution in [3.63, 3.8) is 0 Å². The molecule has 0 unspecified atom stereocenters. The van der Waals surface area contributed by atoms with Gasteiger partial charge in [-0.2, -0.15) is 0 Å². The second-order valence-electron chi connectivity index (χ2n) is 15.5. The molecule has 1 aliphatic heterocycles. The van der Waals surface area contributed by atoms with Crippen LogP contribution in [0.5, 0.6) is 0 Å². The minimum atomic E-state index is -1.55. The topological polar surface area (TPSA) is 186 Å². The van der Waals surface area contributed by atoms with Crippen LogP contribution in [0.15, 0.2) is 0 Å². The number of ether oxygens (including phenoxy) is 1. The van der Waals surface area contributed by atoms with E-state index in [2.05, 4.69) is 24.5 Å². The standard InChI is InChI=1S/C42H79N3O9/c1-3-5-7-9-11-13-15-16-17-18-19-20-22-24-26-28-37(49)45(31-27-25-23-21-14-12-10-8-6-4-2)42-39(41(53)40(52)34(33-46)54-42)44-36(48)32-43-35(47)29-30-38(50)51/h34,39-42,46,52-53H,3-33H2,1-2H3,(H,43,47)(H,44,48)(H,50,51)/t34-,39+,40-,41-,42-/m1/s1. The number of aliphatic hydroxyl groups excluding tert-OH is 3. The van der Waals surface area contributed by atoms with Gasteiger partial charge < -0.3 is 40.7 Å². The van der Waals surface area contributed by atoms with Gasteiger partial charge in [-0.1, -0.05) is 162 Å². The van der Waals surface area contributed by atoms with Gasteiger partial charge in [0.2, 0.25) is 17.7 Å². The smallest absolute Gasteiger partial charge is 0.303 e. The van der Waals surface area contributed by atoms with E-state index in [1.165, 1.54) is 109 Å². The normalized spacial score (nSPS) is 19.8. The van der Waals surface area contributed by atoms with Gasteiger partial charge in [0.1, 0.15) is 24.4 Å². The lowest BCUT2D eigenvalue weighted by Crippen LogP contribution is -2.69. The number of hydrogen-bond acceptors (Lipinski definition) is 8.